The van der Waals surface area contributed by atoms with Gasteiger partial charge in [0.25, 0.3) is 15.9 Å². The maximum atomic E-state index is 13.1. The monoisotopic (exact) mass is 594 g/mol. The van der Waals surface area contributed by atoms with Gasteiger partial charge in [-0.2, -0.15) is 4.98 Å². The highest BCUT2D eigenvalue weighted by atomic mass is 32.2. The van der Waals surface area contributed by atoms with Crippen molar-refractivity contribution in [2.45, 2.75) is 31.1 Å². The van der Waals surface area contributed by atoms with Crippen LogP contribution in [0.25, 0.3) is 0 Å². The van der Waals surface area contributed by atoms with Gasteiger partial charge in [0.1, 0.15) is 24.4 Å². The molecule has 0 aliphatic carbocycles. The number of nitrogens with zero attached hydrogens (tertiary/aromatic N) is 2. The number of sulfonamides is 1. The molecule has 0 aliphatic rings. The SMILES string of the molecule is COc1cccc(Oc2c(NS(=O)(=O)c3ccc(C(C)(C)C)cc3)ncnc2OCCO)c1.NC(=O)c1ccccc1. The van der Waals surface area contributed by atoms with Gasteiger partial charge in [-0.15, -0.1) is 0 Å². The number of amides is 1. The van der Waals surface area contributed by atoms with E-state index in [4.69, 9.17) is 25.1 Å². The summed E-state index contributed by atoms with van der Waals surface area (Å²) in [5.74, 6) is 0.337. The van der Waals surface area contributed by atoms with E-state index in [2.05, 4.69) is 14.7 Å². The molecule has 1 aromatic heterocycles. The summed E-state index contributed by atoms with van der Waals surface area (Å²) in [6.45, 7) is 5.82. The maximum absolute atomic E-state index is 13.1. The zero-order chi connectivity index (χ0) is 30.8. The fourth-order valence-electron chi connectivity index (χ4n) is 3.47. The number of anilines is 1. The number of methoxy groups -OCH3 is 1. The topological polar surface area (TPSA) is 163 Å². The molecular formula is C30H34N4O7S. The number of ether oxygens (including phenoxy) is 3. The average molecular weight is 595 g/mol. The van der Waals surface area contributed by atoms with Crippen LogP contribution in [0.4, 0.5) is 5.82 Å². The van der Waals surface area contributed by atoms with Gasteiger partial charge in [-0.1, -0.05) is 57.2 Å². The summed E-state index contributed by atoms with van der Waals surface area (Å²) in [6, 6.07) is 22.1. The van der Waals surface area contributed by atoms with E-state index in [0.717, 1.165) is 11.9 Å². The van der Waals surface area contributed by atoms with Crippen LogP contribution in [-0.4, -0.2) is 49.7 Å². The normalized spacial score (nSPS) is 11.1. The number of nitrogens with one attached hydrogen (secondary N) is 1. The molecule has 1 heterocycles. The lowest BCUT2D eigenvalue weighted by Crippen LogP contribution is -2.16. The first-order valence-corrected chi connectivity index (χ1v) is 14.3. The van der Waals surface area contributed by atoms with E-state index in [1.165, 1.54) is 19.2 Å². The Hall–Kier alpha value is -4.68. The van der Waals surface area contributed by atoms with Crippen molar-refractivity contribution in [2.75, 3.05) is 25.0 Å². The molecule has 0 fully saturated rings. The van der Waals surface area contributed by atoms with Gasteiger partial charge in [-0.05, 0) is 47.4 Å². The molecule has 0 bridgehead atoms. The summed E-state index contributed by atoms with van der Waals surface area (Å²) in [6.07, 6.45) is 1.14. The number of primary amides is 1. The second kappa shape index (κ2) is 14.3. The molecule has 11 nitrogen and oxygen atoms in total. The highest BCUT2D eigenvalue weighted by Crippen LogP contribution is 2.37. The minimum Gasteiger partial charge on any atom is -0.497 e. The zero-order valence-electron chi connectivity index (χ0n) is 23.8. The standard InChI is InChI=1S/C23H27N3O6S.C7H7NO/c1-23(2,3)16-8-10-19(11-9-16)33(28,29)26-21-20(22(25-15-24-21)31-13-12-27)32-18-7-5-6-17(14-18)30-4;8-7(9)6-4-2-1-3-5-6/h5-11,14-15,27H,12-13H2,1-4H3,(H,24,25,26);1-5H,(H2,8,9). The van der Waals surface area contributed by atoms with E-state index in [0.29, 0.717) is 17.1 Å². The van der Waals surface area contributed by atoms with E-state index in [1.54, 1.807) is 60.7 Å². The van der Waals surface area contributed by atoms with Crippen molar-refractivity contribution in [3.05, 3.63) is 96.3 Å². The molecular weight excluding hydrogens is 560 g/mol. The van der Waals surface area contributed by atoms with Gasteiger partial charge in [0.2, 0.25) is 11.7 Å². The molecule has 0 saturated carbocycles. The van der Waals surface area contributed by atoms with Crippen LogP contribution in [-0.2, 0) is 15.4 Å². The number of hydrogen-bond acceptors (Lipinski definition) is 9. The van der Waals surface area contributed by atoms with Crippen molar-refractivity contribution in [3.8, 4) is 23.1 Å². The number of hydrogen-bond donors (Lipinski definition) is 3. The average Bonchev–Trinajstić information content (AvgIpc) is 2.97. The Morgan fingerprint density at radius 3 is 2.19 bits per heavy atom. The summed E-state index contributed by atoms with van der Waals surface area (Å²) in [4.78, 5) is 18.6. The fraction of sp³-hybridized carbons (Fsp3) is 0.233. The van der Waals surface area contributed by atoms with Crippen molar-refractivity contribution in [1.82, 2.24) is 9.97 Å². The number of rotatable bonds is 10. The summed E-state index contributed by atoms with van der Waals surface area (Å²) >= 11 is 0. The summed E-state index contributed by atoms with van der Waals surface area (Å²) in [5.41, 5.74) is 6.42. The third kappa shape index (κ3) is 8.91. The fourth-order valence-corrected chi connectivity index (χ4v) is 4.48. The van der Waals surface area contributed by atoms with Crippen LogP contribution < -0.4 is 24.7 Å². The van der Waals surface area contributed by atoms with Crippen LogP contribution in [0.3, 0.4) is 0 Å². The Bertz CT molecular complexity index is 1570. The number of carbonyl (C=O) groups is 1. The molecule has 4 rings (SSSR count). The minimum atomic E-state index is -3.99. The Balaban J connectivity index is 0.000000458. The Kier molecular flexibility index (Phi) is 10.8. The van der Waals surface area contributed by atoms with E-state index in [9.17, 15) is 13.2 Å². The van der Waals surface area contributed by atoms with Crippen molar-refractivity contribution in [3.63, 3.8) is 0 Å². The summed E-state index contributed by atoms with van der Waals surface area (Å²) in [7, 11) is -2.47. The van der Waals surface area contributed by atoms with Crippen LogP contribution in [0.15, 0.2) is 90.1 Å². The number of aliphatic hydroxyl groups excluding tert-OH is 1. The lowest BCUT2D eigenvalue weighted by atomic mass is 9.87. The smallest absolute Gasteiger partial charge is 0.263 e. The lowest BCUT2D eigenvalue weighted by Gasteiger charge is -2.19. The molecule has 4 aromatic rings. The van der Waals surface area contributed by atoms with E-state index in [1.807, 2.05) is 26.8 Å². The number of nitrogens with two attached hydrogens (primary N) is 1. The Labute approximate surface area is 245 Å². The summed E-state index contributed by atoms with van der Waals surface area (Å²) < 4.78 is 45.1. The maximum Gasteiger partial charge on any atom is 0.263 e. The molecule has 0 radical (unpaired) electrons. The van der Waals surface area contributed by atoms with Crippen molar-refractivity contribution < 1.29 is 32.5 Å². The molecule has 0 atom stereocenters. The summed E-state index contributed by atoms with van der Waals surface area (Å²) in [5, 5.41) is 9.12. The van der Waals surface area contributed by atoms with E-state index < -0.39 is 10.0 Å². The van der Waals surface area contributed by atoms with Gasteiger partial charge in [-0.25, -0.2) is 13.4 Å². The lowest BCUT2D eigenvalue weighted by molar-refractivity contribution is 0.1000. The molecule has 4 N–H and O–H groups in total. The van der Waals surface area contributed by atoms with Gasteiger partial charge in [0, 0.05) is 11.6 Å². The predicted molar refractivity (Wildman–Crippen MR) is 159 cm³/mol. The van der Waals surface area contributed by atoms with Gasteiger partial charge >= 0.3 is 0 Å². The van der Waals surface area contributed by atoms with Crippen LogP contribution in [0.5, 0.6) is 23.1 Å². The third-order valence-corrected chi connectivity index (χ3v) is 7.04. The molecule has 0 spiro atoms. The number of carbonyl (C=O) groups excluding carboxylic acids is 1. The second-order valence-corrected chi connectivity index (χ2v) is 11.5. The van der Waals surface area contributed by atoms with Gasteiger partial charge in [-0.3, -0.25) is 9.52 Å². The molecule has 0 saturated heterocycles. The Morgan fingerprint density at radius 1 is 0.952 bits per heavy atom. The van der Waals surface area contributed by atoms with Crippen LogP contribution in [0.2, 0.25) is 0 Å². The highest BCUT2D eigenvalue weighted by molar-refractivity contribution is 7.92. The first-order valence-electron chi connectivity index (χ1n) is 12.8. The number of aliphatic hydroxyl groups is 1. The van der Waals surface area contributed by atoms with Crippen LogP contribution >= 0.6 is 0 Å². The molecule has 1 amide bonds. The zero-order valence-corrected chi connectivity index (χ0v) is 24.6. The van der Waals surface area contributed by atoms with Crippen molar-refractivity contribution >= 4 is 21.7 Å². The quantitative estimate of drug-likeness (QED) is 0.239. The van der Waals surface area contributed by atoms with E-state index >= 15 is 0 Å². The van der Waals surface area contributed by atoms with Gasteiger partial charge in [0.05, 0.1) is 18.6 Å². The number of aromatic nitrogens is 2. The Morgan fingerprint density at radius 2 is 1.62 bits per heavy atom. The van der Waals surface area contributed by atoms with Gasteiger partial charge < -0.3 is 25.1 Å². The highest BCUT2D eigenvalue weighted by Gasteiger charge is 2.23. The van der Waals surface area contributed by atoms with E-state index in [-0.39, 0.29) is 46.9 Å². The number of benzene rings is 3. The minimum absolute atomic E-state index is 0.0253. The first kappa shape index (κ1) is 31.8. The predicted octanol–water partition coefficient (Wildman–Crippen LogP) is 4.53. The largest absolute Gasteiger partial charge is 0.497 e. The van der Waals surface area contributed by atoms with Crippen LogP contribution in [0, 0.1) is 0 Å². The molecule has 42 heavy (non-hydrogen) atoms. The van der Waals surface area contributed by atoms with Crippen molar-refractivity contribution in [1.29, 1.82) is 0 Å². The van der Waals surface area contributed by atoms with Crippen LogP contribution in [0.1, 0.15) is 36.7 Å². The van der Waals surface area contributed by atoms with Gasteiger partial charge in [0.15, 0.2) is 5.82 Å². The third-order valence-electron chi connectivity index (χ3n) is 5.68. The first-order chi connectivity index (χ1) is 19.9. The molecule has 222 valence electrons. The molecule has 3 aromatic carbocycles. The molecule has 0 unspecified atom stereocenters. The second-order valence-electron chi connectivity index (χ2n) is 9.82. The van der Waals surface area contributed by atoms with Crippen molar-refractivity contribution in [2.24, 2.45) is 5.73 Å². The molecule has 0 aliphatic heterocycles. The molecule has 12 heteroatoms.